The highest BCUT2D eigenvalue weighted by molar-refractivity contribution is 7.99. The van der Waals surface area contributed by atoms with Crippen molar-refractivity contribution in [2.24, 2.45) is 0 Å². The zero-order valence-corrected chi connectivity index (χ0v) is 22.3. The molecular formula is C29H28F2N4O2S. The lowest BCUT2D eigenvalue weighted by Crippen LogP contribution is -2.06. The Morgan fingerprint density at radius 2 is 1.92 bits per heavy atom. The molecule has 0 amide bonds. The maximum absolute atomic E-state index is 14.2. The first-order chi connectivity index (χ1) is 18.4. The molecule has 4 heterocycles. The Labute approximate surface area is 223 Å². The molecule has 38 heavy (non-hydrogen) atoms. The molecule has 0 unspecified atom stereocenters. The van der Waals surface area contributed by atoms with Crippen LogP contribution in [0.1, 0.15) is 22.6 Å². The first kappa shape index (κ1) is 24.8. The van der Waals surface area contributed by atoms with Crippen LogP contribution in [0.4, 0.5) is 14.5 Å². The smallest absolute Gasteiger partial charge is 0.149 e. The van der Waals surface area contributed by atoms with Gasteiger partial charge in [-0.1, -0.05) is 6.07 Å². The predicted octanol–water partition coefficient (Wildman–Crippen LogP) is 6.02. The largest absolute Gasteiger partial charge is 0.496 e. The van der Waals surface area contributed by atoms with Crippen molar-refractivity contribution < 1.29 is 18.3 Å². The summed E-state index contributed by atoms with van der Waals surface area (Å²) in [6.07, 6.45) is 3.22. The molecular weight excluding hydrogens is 506 g/mol. The third-order valence-electron chi connectivity index (χ3n) is 7.25. The number of thioether (sulfide) groups is 1. The maximum Gasteiger partial charge on any atom is 0.149 e. The van der Waals surface area contributed by atoms with Crippen molar-refractivity contribution in [3.63, 3.8) is 0 Å². The van der Waals surface area contributed by atoms with E-state index in [9.17, 15) is 8.78 Å². The number of halogens is 2. The highest BCUT2D eigenvalue weighted by Crippen LogP contribution is 2.47. The van der Waals surface area contributed by atoms with Gasteiger partial charge in [0.15, 0.2) is 0 Å². The molecule has 196 valence electrons. The number of imidazole rings is 1. The van der Waals surface area contributed by atoms with Gasteiger partial charge >= 0.3 is 0 Å². The summed E-state index contributed by atoms with van der Waals surface area (Å²) in [4.78, 5) is 6.07. The normalized spacial score (nSPS) is 13.1. The minimum absolute atomic E-state index is 0.373. The minimum Gasteiger partial charge on any atom is -0.496 e. The summed E-state index contributed by atoms with van der Waals surface area (Å²) in [6.45, 7) is 3.32. The van der Waals surface area contributed by atoms with Crippen LogP contribution in [0.25, 0.3) is 27.7 Å². The van der Waals surface area contributed by atoms with E-state index in [2.05, 4.69) is 27.2 Å². The number of benzene rings is 2. The summed E-state index contributed by atoms with van der Waals surface area (Å²) in [5, 5.41) is 0. The van der Waals surface area contributed by atoms with Crippen molar-refractivity contribution >= 4 is 34.0 Å². The van der Waals surface area contributed by atoms with Gasteiger partial charge in [0.1, 0.15) is 34.4 Å². The minimum atomic E-state index is -0.737. The number of methoxy groups -OCH3 is 2. The number of hydrogen-bond acceptors (Lipinski definition) is 5. The molecule has 2 N–H and O–H groups in total. The van der Waals surface area contributed by atoms with Crippen molar-refractivity contribution in [2.45, 2.75) is 31.2 Å². The van der Waals surface area contributed by atoms with Crippen LogP contribution in [0.15, 0.2) is 47.5 Å². The molecule has 0 atom stereocenters. The van der Waals surface area contributed by atoms with Crippen LogP contribution >= 0.6 is 11.8 Å². The molecule has 0 bridgehead atoms. The van der Waals surface area contributed by atoms with Gasteiger partial charge < -0.3 is 24.2 Å². The van der Waals surface area contributed by atoms with E-state index in [1.54, 1.807) is 26.0 Å². The Bertz CT molecular complexity index is 1690. The number of nitrogens with zero attached hydrogens (tertiary/aromatic N) is 3. The molecule has 9 heteroatoms. The van der Waals surface area contributed by atoms with E-state index in [-0.39, 0.29) is 0 Å². The van der Waals surface area contributed by atoms with Crippen LogP contribution < -0.4 is 10.5 Å². The third kappa shape index (κ3) is 3.92. The van der Waals surface area contributed by atoms with E-state index in [0.29, 0.717) is 25.1 Å². The molecule has 3 aromatic heterocycles. The number of pyridine rings is 1. The summed E-state index contributed by atoms with van der Waals surface area (Å²) >= 11 is 1.78. The van der Waals surface area contributed by atoms with Gasteiger partial charge in [-0.05, 0) is 48.7 Å². The molecule has 1 aliphatic heterocycles. The van der Waals surface area contributed by atoms with E-state index in [4.69, 9.17) is 20.2 Å². The molecule has 5 aromatic rings. The average molecular weight is 535 g/mol. The monoisotopic (exact) mass is 534 g/mol. The molecule has 0 radical (unpaired) electrons. The Balaban J connectivity index is 1.56. The van der Waals surface area contributed by atoms with E-state index in [1.807, 2.05) is 19.2 Å². The fourth-order valence-electron chi connectivity index (χ4n) is 5.50. The Morgan fingerprint density at radius 3 is 2.66 bits per heavy atom. The fraction of sp³-hybridized carbons (Fsp3) is 0.276. The van der Waals surface area contributed by atoms with E-state index < -0.39 is 17.3 Å². The van der Waals surface area contributed by atoms with Gasteiger partial charge in [0.05, 0.1) is 24.8 Å². The van der Waals surface area contributed by atoms with Crippen LogP contribution in [0.3, 0.4) is 0 Å². The van der Waals surface area contributed by atoms with Crippen molar-refractivity contribution in [3.05, 3.63) is 76.9 Å². The lowest BCUT2D eigenvalue weighted by atomic mass is 10.0. The number of anilines is 1. The van der Waals surface area contributed by atoms with Gasteiger partial charge in [-0.15, -0.1) is 11.8 Å². The van der Waals surface area contributed by atoms with E-state index >= 15 is 0 Å². The van der Waals surface area contributed by atoms with Crippen LogP contribution in [0, 0.1) is 18.6 Å². The Hall–Kier alpha value is -3.56. The molecule has 2 aromatic carbocycles. The van der Waals surface area contributed by atoms with Crippen LogP contribution in [-0.2, 0) is 24.1 Å². The fourth-order valence-corrected chi connectivity index (χ4v) is 6.67. The summed E-state index contributed by atoms with van der Waals surface area (Å²) in [5.74, 6) is 1.10. The summed E-state index contributed by atoms with van der Waals surface area (Å²) < 4.78 is 44.0. The topological polar surface area (TPSA) is 66.7 Å². The number of aromatic nitrogens is 3. The summed E-state index contributed by atoms with van der Waals surface area (Å²) in [6, 6.07) is 10.9. The number of nitrogen functional groups attached to an aromatic ring is 1. The van der Waals surface area contributed by atoms with Crippen LogP contribution in [-0.4, -0.2) is 40.5 Å². The van der Waals surface area contributed by atoms with Gasteiger partial charge in [-0.3, -0.25) is 0 Å². The molecule has 0 fully saturated rings. The lowest BCUT2D eigenvalue weighted by molar-refractivity contribution is 0.187. The van der Waals surface area contributed by atoms with Crippen molar-refractivity contribution in [3.8, 4) is 16.9 Å². The summed E-state index contributed by atoms with van der Waals surface area (Å²) in [5.41, 5.74) is 12.8. The molecule has 6 nitrogen and oxygen atoms in total. The number of fused-ring (bicyclic) bond motifs is 4. The lowest BCUT2D eigenvalue weighted by Gasteiger charge is -2.19. The Morgan fingerprint density at radius 1 is 1.13 bits per heavy atom. The van der Waals surface area contributed by atoms with Crippen molar-refractivity contribution in [1.82, 2.24) is 14.0 Å². The van der Waals surface area contributed by atoms with Gasteiger partial charge in [0.25, 0.3) is 0 Å². The SMILES string of the molecule is COCCn1c(C)nc2c3c(c(OC)cc21)-c1cccn2c(Cc4cc(F)c(N)c(F)c4)cc(c12)CCS3. The maximum atomic E-state index is 14.2. The number of ether oxygens (including phenoxy) is 2. The second-order valence-corrected chi connectivity index (χ2v) is 10.6. The van der Waals surface area contributed by atoms with Crippen molar-refractivity contribution in [2.75, 3.05) is 32.3 Å². The highest BCUT2D eigenvalue weighted by Gasteiger charge is 2.26. The summed E-state index contributed by atoms with van der Waals surface area (Å²) in [7, 11) is 3.40. The van der Waals surface area contributed by atoms with Gasteiger partial charge in [-0.25, -0.2) is 13.8 Å². The second kappa shape index (κ2) is 9.63. The molecule has 0 aliphatic carbocycles. The highest BCUT2D eigenvalue weighted by atomic mass is 32.2. The van der Waals surface area contributed by atoms with Crippen LogP contribution in [0.2, 0.25) is 0 Å². The standard InChI is InChI=1S/C29H28F2N4O2S/c1-16-33-27-23(34(16)8-9-36-2)15-24(37-3)25-20-5-4-7-35-19(11-17-12-21(30)26(32)22(31)13-17)14-18(28(20)35)6-10-38-29(25)27/h4-5,7,12-15H,6,8-11,32H2,1-3H3. The average Bonchev–Trinajstić information content (AvgIpc) is 3.40. The zero-order chi connectivity index (χ0) is 26.6. The molecule has 1 aliphatic rings. The molecule has 6 rings (SSSR count). The van der Waals surface area contributed by atoms with E-state index in [0.717, 1.165) is 62.0 Å². The zero-order valence-electron chi connectivity index (χ0n) is 21.5. The predicted molar refractivity (Wildman–Crippen MR) is 147 cm³/mol. The van der Waals surface area contributed by atoms with Gasteiger partial charge in [0.2, 0.25) is 0 Å². The van der Waals surface area contributed by atoms with Gasteiger partial charge in [-0.2, -0.15) is 0 Å². The van der Waals surface area contributed by atoms with Crippen LogP contribution in [0.5, 0.6) is 5.75 Å². The third-order valence-corrected chi connectivity index (χ3v) is 8.35. The number of rotatable bonds is 6. The quantitative estimate of drug-likeness (QED) is 0.270. The molecule has 0 saturated heterocycles. The molecule has 0 spiro atoms. The van der Waals surface area contributed by atoms with Gasteiger partial charge in [0, 0.05) is 59.8 Å². The number of hydrogen-bond donors (Lipinski definition) is 1. The Kier molecular flexibility index (Phi) is 6.28. The van der Waals surface area contributed by atoms with E-state index in [1.165, 1.54) is 17.7 Å². The second-order valence-electron chi connectivity index (χ2n) is 9.50. The number of nitrogens with two attached hydrogens (primary N) is 1. The molecule has 0 saturated carbocycles. The number of aryl methyl sites for hydroxylation is 2. The first-order valence-corrected chi connectivity index (χ1v) is 13.4. The van der Waals surface area contributed by atoms with Crippen molar-refractivity contribution in [1.29, 1.82) is 0 Å². The first-order valence-electron chi connectivity index (χ1n) is 12.5.